The number of hydrogen-bond acceptors (Lipinski definition) is 3. The van der Waals surface area contributed by atoms with E-state index in [1.165, 1.54) is 57.8 Å². The zero-order valence-electron chi connectivity index (χ0n) is 23.9. The molecule has 12 bridgehead atoms. The Labute approximate surface area is 234 Å². The van der Waals surface area contributed by atoms with Crippen LogP contribution in [-0.4, -0.2) is 17.3 Å². The minimum atomic E-state index is -0.248. The van der Waals surface area contributed by atoms with Gasteiger partial charge in [0, 0.05) is 34.0 Å². The third-order valence-corrected chi connectivity index (χ3v) is 15.6. The van der Waals surface area contributed by atoms with E-state index in [0.29, 0.717) is 17.3 Å². The van der Waals surface area contributed by atoms with Crippen molar-refractivity contribution in [1.82, 2.24) is 0 Å². The highest BCUT2D eigenvalue weighted by atomic mass is 16.2. The molecule has 0 unspecified atom stereocenters. The minimum Gasteiger partial charge on any atom is -0.299 e. The Morgan fingerprint density at radius 2 is 0.462 bits per heavy atom. The molecular formula is C36H48O3. The van der Waals surface area contributed by atoms with Gasteiger partial charge in [0.1, 0.15) is 17.3 Å². The van der Waals surface area contributed by atoms with Gasteiger partial charge in [-0.2, -0.15) is 0 Å². The molecule has 13 saturated carbocycles. The normalized spacial score (nSPS) is 60.6. The molecule has 0 spiro atoms. The van der Waals surface area contributed by atoms with Crippen molar-refractivity contribution in [2.75, 3.05) is 0 Å². The van der Waals surface area contributed by atoms with Crippen molar-refractivity contribution in [2.45, 2.75) is 116 Å². The van der Waals surface area contributed by atoms with Gasteiger partial charge in [0.15, 0.2) is 0 Å². The van der Waals surface area contributed by atoms with Crippen molar-refractivity contribution in [3.8, 4) is 0 Å². The first-order valence-electron chi connectivity index (χ1n) is 17.4. The molecule has 13 aliphatic rings. The zero-order valence-corrected chi connectivity index (χ0v) is 23.9. The summed E-state index contributed by atoms with van der Waals surface area (Å²) in [7, 11) is 0. The Morgan fingerprint density at radius 3 is 0.615 bits per heavy atom. The molecule has 0 radical (unpaired) electrons. The van der Waals surface area contributed by atoms with Crippen LogP contribution in [0.25, 0.3) is 0 Å². The molecule has 0 saturated heterocycles. The molecule has 0 aromatic heterocycles. The van der Waals surface area contributed by atoms with E-state index in [0.717, 1.165) is 111 Å². The molecule has 0 atom stereocenters. The number of carbonyl (C=O) groups excluding carboxylic acids is 3. The zero-order chi connectivity index (χ0) is 25.9. The molecule has 39 heavy (non-hydrogen) atoms. The largest absolute Gasteiger partial charge is 0.299 e. The summed E-state index contributed by atoms with van der Waals surface area (Å²) < 4.78 is 0. The van der Waals surface area contributed by atoms with Gasteiger partial charge in [-0.1, -0.05) is 0 Å². The lowest BCUT2D eigenvalue weighted by Gasteiger charge is -2.56. The van der Waals surface area contributed by atoms with Gasteiger partial charge in [-0.15, -0.1) is 0 Å². The topological polar surface area (TPSA) is 51.2 Å². The van der Waals surface area contributed by atoms with Crippen LogP contribution in [-0.2, 0) is 14.4 Å². The lowest BCUT2D eigenvalue weighted by Crippen LogP contribution is -2.52. The summed E-state index contributed by atoms with van der Waals surface area (Å²) in [5.74, 6) is 7.10. The van der Waals surface area contributed by atoms with Crippen LogP contribution >= 0.6 is 0 Å². The van der Waals surface area contributed by atoms with Crippen LogP contribution in [0.4, 0.5) is 0 Å². The van der Waals surface area contributed by atoms with Gasteiger partial charge >= 0.3 is 0 Å². The summed E-state index contributed by atoms with van der Waals surface area (Å²) in [6.45, 7) is 0. The first kappa shape index (κ1) is 23.6. The molecule has 3 nitrogen and oxygen atoms in total. The van der Waals surface area contributed by atoms with E-state index in [2.05, 4.69) is 0 Å². The Morgan fingerprint density at radius 1 is 0.308 bits per heavy atom. The molecular weight excluding hydrogens is 480 g/mol. The SMILES string of the molecule is O=C(C1C(C(=O)C23CC4CC(CC(C4)C2)C3)C1C(=O)C12CC3CC(CC(C3)C1)C2)C12CC3CC(CC(C3)C1)C2. The maximum absolute atomic E-state index is 14.8. The third kappa shape index (κ3) is 3.15. The van der Waals surface area contributed by atoms with Gasteiger partial charge in [0.2, 0.25) is 0 Å². The van der Waals surface area contributed by atoms with Gasteiger partial charge in [-0.25, -0.2) is 0 Å². The Kier molecular flexibility index (Phi) is 4.53. The lowest BCUT2D eigenvalue weighted by molar-refractivity contribution is -0.150. The minimum absolute atomic E-state index is 0.185. The maximum Gasteiger partial charge on any atom is 0.143 e. The van der Waals surface area contributed by atoms with Crippen molar-refractivity contribution in [2.24, 2.45) is 87.3 Å². The molecule has 13 rings (SSSR count). The smallest absolute Gasteiger partial charge is 0.143 e. The van der Waals surface area contributed by atoms with Crippen molar-refractivity contribution >= 4 is 17.3 Å². The summed E-state index contributed by atoms with van der Waals surface area (Å²) >= 11 is 0. The highest BCUT2D eigenvalue weighted by Gasteiger charge is 2.72. The second-order valence-corrected chi connectivity index (χ2v) is 18.3. The summed E-state index contributed by atoms with van der Waals surface area (Å²) in [5, 5.41) is 0. The van der Waals surface area contributed by atoms with Crippen LogP contribution in [0.1, 0.15) is 116 Å². The molecule has 0 aromatic rings. The van der Waals surface area contributed by atoms with E-state index in [1.807, 2.05) is 0 Å². The summed E-state index contributed by atoms with van der Waals surface area (Å²) in [4.78, 5) is 44.5. The summed E-state index contributed by atoms with van der Waals surface area (Å²) in [6.07, 6.45) is 21.7. The predicted molar refractivity (Wildman–Crippen MR) is 147 cm³/mol. The first-order valence-corrected chi connectivity index (χ1v) is 17.4. The Hall–Kier alpha value is -0.990. The second kappa shape index (κ2) is 7.50. The molecule has 13 fully saturated rings. The fraction of sp³-hybridized carbons (Fsp3) is 0.917. The highest BCUT2D eigenvalue weighted by molar-refractivity contribution is 6.08. The van der Waals surface area contributed by atoms with Crippen LogP contribution in [0, 0.1) is 87.3 Å². The molecule has 0 amide bonds. The first-order chi connectivity index (χ1) is 18.8. The highest BCUT2D eigenvalue weighted by Crippen LogP contribution is 2.70. The number of rotatable bonds is 6. The van der Waals surface area contributed by atoms with Crippen molar-refractivity contribution in [1.29, 1.82) is 0 Å². The molecule has 0 N–H and O–H groups in total. The van der Waals surface area contributed by atoms with Gasteiger partial charge < -0.3 is 0 Å². The predicted octanol–water partition coefficient (Wildman–Crippen LogP) is 7.21. The molecule has 3 heteroatoms. The molecule has 0 aliphatic heterocycles. The number of carbonyl (C=O) groups is 3. The Balaban J connectivity index is 1.01. The van der Waals surface area contributed by atoms with E-state index in [9.17, 15) is 14.4 Å². The Bertz CT molecular complexity index is 905. The van der Waals surface area contributed by atoms with Crippen LogP contribution < -0.4 is 0 Å². The van der Waals surface area contributed by atoms with Crippen LogP contribution in [0.15, 0.2) is 0 Å². The standard InChI is InChI=1S/C36H48O3/c37-31(34-10-19-1-20(11-34)3-21(2-19)12-34)28-29(32(38)35-13-22-4-23(14-35)6-24(5-22)15-35)30(28)33(39)36-16-25-7-26(17-36)9-27(8-25)18-36/h19-30H,1-18H2. The number of Topliss-reactive ketones (excluding diaryl/α,β-unsaturated/α-hetero) is 3. The summed E-state index contributed by atoms with van der Waals surface area (Å²) in [5.41, 5.74) is -0.554. The molecule has 0 heterocycles. The number of ketones is 3. The molecule has 210 valence electrons. The third-order valence-electron chi connectivity index (χ3n) is 15.6. The fourth-order valence-corrected chi connectivity index (χ4v) is 15.6. The van der Waals surface area contributed by atoms with E-state index in [1.54, 1.807) is 0 Å². The lowest BCUT2D eigenvalue weighted by atomic mass is 9.47. The van der Waals surface area contributed by atoms with E-state index in [-0.39, 0.29) is 34.0 Å². The van der Waals surface area contributed by atoms with Gasteiger partial charge in [-0.3, -0.25) is 14.4 Å². The quantitative estimate of drug-likeness (QED) is 0.366. The average Bonchev–Trinajstić information content (AvgIpc) is 3.60. The molecule has 13 aliphatic carbocycles. The van der Waals surface area contributed by atoms with Gasteiger partial charge in [-0.05, 0) is 169 Å². The van der Waals surface area contributed by atoms with E-state index >= 15 is 0 Å². The van der Waals surface area contributed by atoms with E-state index < -0.39 is 0 Å². The van der Waals surface area contributed by atoms with E-state index in [4.69, 9.17) is 0 Å². The summed E-state index contributed by atoms with van der Waals surface area (Å²) in [6, 6.07) is 0. The average molecular weight is 529 g/mol. The fourth-order valence-electron chi connectivity index (χ4n) is 15.6. The number of hydrogen-bond donors (Lipinski definition) is 0. The van der Waals surface area contributed by atoms with Gasteiger partial charge in [0.25, 0.3) is 0 Å². The second-order valence-electron chi connectivity index (χ2n) is 18.3. The van der Waals surface area contributed by atoms with Gasteiger partial charge in [0.05, 0.1) is 0 Å². The molecule has 0 aromatic carbocycles. The van der Waals surface area contributed by atoms with Crippen molar-refractivity contribution in [3.63, 3.8) is 0 Å². The maximum atomic E-state index is 14.8. The van der Waals surface area contributed by atoms with Crippen LogP contribution in [0.3, 0.4) is 0 Å². The monoisotopic (exact) mass is 528 g/mol. The van der Waals surface area contributed by atoms with Crippen molar-refractivity contribution in [3.05, 3.63) is 0 Å². The van der Waals surface area contributed by atoms with Crippen molar-refractivity contribution < 1.29 is 14.4 Å². The van der Waals surface area contributed by atoms with Crippen LogP contribution in [0.2, 0.25) is 0 Å². The van der Waals surface area contributed by atoms with Crippen LogP contribution in [0.5, 0.6) is 0 Å².